The Bertz CT molecular complexity index is 51.9. The van der Waals surface area contributed by atoms with Crippen molar-refractivity contribution in [2.45, 2.75) is 6.42 Å². The van der Waals surface area contributed by atoms with Crippen molar-refractivity contribution in [3.05, 3.63) is 0 Å². The molecule has 0 aromatic carbocycles. The van der Waals surface area contributed by atoms with E-state index in [1.165, 1.54) is 17.9 Å². The van der Waals surface area contributed by atoms with E-state index in [-0.39, 0.29) is 0 Å². The van der Waals surface area contributed by atoms with Crippen LogP contribution in [0.15, 0.2) is 0 Å². The fourth-order valence-electron chi connectivity index (χ4n) is 0.262. The van der Waals surface area contributed by atoms with Crippen LogP contribution >= 0.6 is 0 Å². The van der Waals surface area contributed by atoms with Gasteiger partial charge in [0.1, 0.15) is 0 Å². The van der Waals surface area contributed by atoms with Crippen molar-refractivity contribution in [2.24, 2.45) is 0 Å². The SMILES string of the molecule is S=S1CCC1. The average Bonchev–Trinajstić information content (AvgIpc) is 1.30. The van der Waals surface area contributed by atoms with Crippen LogP contribution in [-0.2, 0) is 20.6 Å². The number of hydrogen-bond acceptors (Lipinski definition) is 1. The second kappa shape index (κ2) is 1.35. The van der Waals surface area contributed by atoms with Gasteiger partial charge < -0.3 is 0 Å². The van der Waals surface area contributed by atoms with Crippen molar-refractivity contribution < 1.29 is 0 Å². The van der Waals surface area contributed by atoms with E-state index >= 15 is 0 Å². The summed E-state index contributed by atoms with van der Waals surface area (Å²) in [6.07, 6.45) is 1.40. The zero-order valence-corrected chi connectivity index (χ0v) is 4.57. The molecule has 1 rings (SSSR count). The second-order valence-corrected chi connectivity index (χ2v) is 4.31. The van der Waals surface area contributed by atoms with E-state index in [1.54, 1.807) is 0 Å². The van der Waals surface area contributed by atoms with E-state index in [0.717, 1.165) is 0 Å². The number of rotatable bonds is 0. The fraction of sp³-hybridized carbons (Fsp3) is 1.00. The van der Waals surface area contributed by atoms with Gasteiger partial charge in [0.15, 0.2) is 0 Å². The zero-order chi connectivity index (χ0) is 3.70. The van der Waals surface area contributed by atoms with Crippen LogP contribution in [0, 0.1) is 0 Å². The Labute approximate surface area is 39.2 Å². The summed E-state index contributed by atoms with van der Waals surface area (Å²) < 4.78 is 0. The molecule has 0 radical (unpaired) electrons. The maximum atomic E-state index is 4.89. The highest BCUT2D eigenvalue weighted by atomic mass is 32.8. The molecule has 0 aliphatic carbocycles. The molecule has 0 N–H and O–H groups in total. The molecule has 1 saturated heterocycles. The summed E-state index contributed by atoms with van der Waals surface area (Å²) in [4.78, 5) is 0. The lowest BCUT2D eigenvalue weighted by Gasteiger charge is -2.11. The molecule has 0 amide bonds. The van der Waals surface area contributed by atoms with Gasteiger partial charge in [0.2, 0.25) is 0 Å². The molecule has 0 spiro atoms. The van der Waals surface area contributed by atoms with Gasteiger partial charge in [-0.1, -0.05) is 11.2 Å². The van der Waals surface area contributed by atoms with Gasteiger partial charge >= 0.3 is 0 Å². The lowest BCUT2D eigenvalue weighted by molar-refractivity contribution is 1.05. The first-order valence-corrected chi connectivity index (χ1v) is 4.23. The van der Waals surface area contributed by atoms with Crippen molar-refractivity contribution >= 4 is 20.6 Å². The smallest absolute Gasteiger partial charge is 0.00129 e. The summed E-state index contributed by atoms with van der Waals surface area (Å²) >= 11 is 4.89. The molecule has 0 aromatic rings. The predicted octanol–water partition coefficient (Wildman–Crippen LogP) is 0.470. The summed E-state index contributed by atoms with van der Waals surface area (Å²) in [5.41, 5.74) is 0. The average molecular weight is 106 g/mol. The van der Waals surface area contributed by atoms with E-state index in [1.807, 2.05) is 0 Å². The van der Waals surface area contributed by atoms with Crippen LogP contribution in [0.5, 0.6) is 0 Å². The Hall–Kier alpha value is 0.570. The molecule has 0 nitrogen and oxygen atoms in total. The van der Waals surface area contributed by atoms with Crippen molar-refractivity contribution in [2.75, 3.05) is 11.5 Å². The summed E-state index contributed by atoms with van der Waals surface area (Å²) in [7, 11) is 0.441. The molecule has 30 valence electrons. The van der Waals surface area contributed by atoms with E-state index in [4.69, 9.17) is 11.2 Å². The molecule has 1 fully saturated rings. The van der Waals surface area contributed by atoms with Gasteiger partial charge in [-0.05, 0) is 17.9 Å². The molecule has 0 unspecified atom stereocenters. The van der Waals surface area contributed by atoms with Gasteiger partial charge in [-0.2, -0.15) is 0 Å². The molecule has 5 heavy (non-hydrogen) atoms. The third-order valence-electron chi connectivity index (χ3n) is 0.744. The van der Waals surface area contributed by atoms with Crippen LogP contribution in [0.1, 0.15) is 6.42 Å². The molecule has 0 aromatic heterocycles. The van der Waals surface area contributed by atoms with Gasteiger partial charge in [-0.15, -0.1) is 9.45 Å². The fourth-order valence-corrected chi connectivity index (χ4v) is 1.49. The molecular weight excluding hydrogens is 100 g/mol. The second-order valence-electron chi connectivity index (χ2n) is 1.20. The Balaban J connectivity index is 2.32. The summed E-state index contributed by atoms with van der Waals surface area (Å²) in [6, 6.07) is 0. The molecule has 1 aliphatic rings. The van der Waals surface area contributed by atoms with E-state index in [9.17, 15) is 0 Å². The maximum absolute atomic E-state index is 4.89. The third kappa shape index (κ3) is 0.699. The summed E-state index contributed by atoms with van der Waals surface area (Å²) in [5, 5.41) is 0. The van der Waals surface area contributed by atoms with Gasteiger partial charge in [0, 0.05) is 0 Å². The molecule has 1 aliphatic heterocycles. The van der Waals surface area contributed by atoms with Crippen molar-refractivity contribution in [3.8, 4) is 0 Å². The van der Waals surface area contributed by atoms with Crippen molar-refractivity contribution in [3.63, 3.8) is 0 Å². The maximum Gasteiger partial charge on any atom is -0.00129 e. The minimum Gasteiger partial charge on any atom is -0.122 e. The highest BCUT2D eigenvalue weighted by Crippen LogP contribution is 2.01. The lowest BCUT2D eigenvalue weighted by atomic mass is 10.6. The number of hydrogen-bond donors (Lipinski definition) is 0. The first kappa shape index (κ1) is 3.75. The Morgan fingerprint density at radius 1 is 1.40 bits per heavy atom. The first-order valence-electron chi connectivity index (χ1n) is 1.74. The van der Waals surface area contributed by atoms with Gasteiger partial charge in [-0.3, -0.25) is 0 Å². The van der Waals surface area contributed by atoms with Crippen LogP contribution in [0.3, 0.4) is 0 Å². The largest absolute Gasteiger partial charge is 0.122 e. The highest BCUT2D eigenvalue weighted by Gasteiger charge is 2.02. The zero-order valence-electron chi connectivity index (χ0n) is 2.94. The highest BCUT2D eigenvalue weighted by molar-refractivity contribution is 8.29. The predicted molar refractivity (Wildman–Crippen MR) is 29.1 cm³/mol. The van der Waals surface area contributed by atoms with E-state index < -0.39 is 0 Å². The lowest BCUT2D eigenvalue weighted by Crippen LogP contribution is -2.13. The topological polar surface area (TPSA) is 0 Å². The summed E-state index contributed by atoms with van der Waals surface area (Å²) in [5.74, 6) is 2.66. The third-order valence-corrected chi connectivity index (χ3v) is 3.23. The Kier molecular flexibility index (Phi) is 1.01. The Morgan fingerprint density at radius 2 is 1.80 bits per heavy atom. The van der Waals surface area contributed by atoms with Crippen LogP contribution in [0.2, 0.25) is 0 Å². The van der Waals surface area contributed by atoms with Crippen LogP contribution in [0.25, 0.3) is 0 Å². The van der Waals surface area contributed by atoms with Crippen molar-refractivity contribution in [1.82, 2.24) is 0 Å². The van der Waals surface area contributed by atoms with Crippen LogP contribution in [0.4, 0.5) is 0 Å². The first-order chi connectivity index (χ1) is 2.39. The van der Waals surface area contributed by atoms with Crippen molar-refractivity contribution in [1.29, 1.82) is 0 Å². The molecule has 0 atom stereocenters. The molecule has 0 saturated carbocycles. The van der Waals surface area contributed by atoms with E-state index in [0.29, 0.717) is 9.45 Å². The minimum atomic E-state index is 0.441. The van der Waals surface area contributed by atoms with Crippen LogP contribution in [-0.4, -0.2) is 11.5 Å². The molecule has 0 bridgehead atoms. The molecule has 1 heterocycles. The van der Waals surface area contributed by atoms with Gasteiger partial charge in [0.05, 0.1) is 0 Å². The quantitative estimate of drug-likeness (QED) is 0.432. The van der Waals surface area contributed by atoms with Gasteiger partial charge in [0.25, 0.3) is 0 Å². The van der Waals surface area contributed by atoms with Gasteiger partial charge in [-0.25, -0.2) is 0 Å². The standard InChI is InChI=1S/C3H6S2/c4-5-2-1-3-5/h1-3H2. The Morgan fingerprint density at radius 3 is 1.80 bits per heavy atom. The van der Waals surface area contributed by atoms with Crippen LogP contribution < -0.4 is 0 Å². The van der Waals surface area contributed by atoms with E-state index in [2.05, 4.69) is 0 Å². The normalized spacial score (nSPS) is 25.6. The molecular formula is C3H6S2. The minimum absolute atomic E-state index is 0.441. The summed E-state index contributed by atoms with van der Waals surface area (Å²) in [6.45, 7) is 0. The molecule has 2 heteroatoms. The monoisotopic (exact) mass is 106 g/mol.